The standard InChI is InChI=1S/C10H10N4O/c1-3-9(15)13-8-5-11-10-7(2)4-12-14(10)6-8/h3-6H,1H2,2H3,(H,13,15). The van der Waals surface area contributed by atoms with Gasteiger partial charge in [-0.1, -0.05) is 6.58 Å². The zero-order valence-corrected chi connectivity index (χ0v) is 8.27. The first kappa shape index (κ1) is 9.39. The molecule has 15 heavy (non-hydrogen) atoms. The second kappa shape index (κ2) is 3.53. The van der Waals surface area contributed by atoms with Gasteiger partial charge in [0, 0.05) is 5.56 Å². The van der Waals surface area contributed by atoms with Crippen molar-refractivity contribution in [2.24, 2.45) is 0 Å². The summed E-state index contributed by atoms with van der Waals surface area (Å²) in [5.41, 5.74) is 2.37. The van der Waals surface area contributed by atoms with Crippen molar-refractivity contribution in [1.82, 2.24) is 14.6 Å². The highest BCUT2D eigenvalue weighted by molar-refractivity contribution is 5.98. The first-order valence-corrected chi connectivity index (χ1v) is 4.44. The van der Waals surface area contributed by atoms with Gasteiger partial charge in [-0.05, 0) is 13.0 Å². The molecule has 0 fully saturated rings. The van der Waals surface area contributed by atoms with Crippen LogP contribution in [0.25, 0.3) is 5.65 Å². The molecule has 2 aromatic heterocycles. The second-order valence-electron chi connectivity index (χ2n) is 3.13. The van der Waals surface area contributed by atoms with Gasteiger partial charge in [0.25, 0.3) is 0 Å². The minimum Gasteiger partial charge on any atom is -0.320 e. The molecule has 0 spiro atoms. The molecule has 0 saturated carbocycles. The number of hydrogen-bond acceptors (Lipinski definition) is 3. The lowest BCUT2D eigenvalue weighted by molar-refractivity contribution is -0.111. The molecule has 0 aliphatic heterocycles. The van der Waals surface area contributed by atoms with E-state index in [1.807, 2.05) is 6.92 Å². The molecule has 5 heteroatoms. The van der Waals surface area contributed by atoms with E-state index in [4.69, 9.17) is 0 Å². The highest BCUT2D eigenvalue weighted by atomic mass is 16.1. The van der Waals surface area contributed by atoms with Gasteiger partial charge in [-0.25, -0.2) is 9.50 Å². The van der Waals surface area contributed by atoms with Crippen LogP contribution in [0, 0.1) is 6.92 Å². The average Bonchev–Trinajstić information content (AvgIpc) is 2.60. The van der Waals surface area contributed by atoms with Crippen molar-refractivity contribution in [2.75, 3.05) is 5.32 Å². The third kappa shape index (κ3) is 1.71. The summed E-state index contributed by atoms with van der Waals surface area (Å²) in [4.78, 5) is 15.2. The number of rotatable bonds is 2. The van der Waals surface area contributed by atoms with E-state index in [0.29, 0.717) is 5.69 Å². The highest BCUT2D eigenvalue weighted by Crippen LogP contribution is 2.10. The highest BCUT2D eigenvalue weighted by Gasteiger charge is 2.03. The quantitative estimate of drug-likeness (QED) is 0.743. The largest absolute Gasteiger partial charge is 0.320 e. The minimum atomic E-state index is -0.264. The second-order valence-corrected chi connectivity index (χ2v) is 3.13. The lowest BCUT2D eigenvalue weighted by atomic mass is 10.4. The molecule has 5 nitrogen and oxygen atoms in total. The van der Waals surface area contributed by atoms with E-state index in [0.717, 1.165) is 11.2 Å². The first-order valence-electron chi connectivity index (χ1n) is 4.44. The molecule has 0 aliphatic carbocycles. The first-order chi connectivity index (χ1) is 7.20. The van der Waals surface area contributed by atoms with Crippen molar-refractivity contribution in [3.05, 3.63) is 36.8 Å². The smallest absolute Gasteiger partial charge is 0.247 e. The summed E-state index contributed by atoms with van der Waals surface area (Å²) in [6.07, 6.45) is 6.22. The number of amides is 1. The number of fused-ring (bicyclic) bond motifs is 1. The van der Waals surface area contributed by atoms with E-state index in [9.17, 15) is 4.79 Å². The third-order valence-electron chi connectivity index (χ3n) is 1.99. The zero-order valence-electron chi connectivity index (χ0n) is 8.27. The summed E-state index contributed by atoms with van der Waals surface area (Å²) >= 11 is 0. The monoisotopic (exact) mass is 202 g/mol. The number of nitrogens with one attached hydrogen (secondary N) is 1. The van der Waals surface area contributed by atoms with Gasteiger partial charge in [0.05, 0.1) is 24.3 Å². The predicted molar refractivity (Wildman–Crippen MR) is 56.6 cm³/mol. The van der Waals surface area contributed by atoms with Gasteiger partial charge >= 0.3 is 0 Å². The van der Waals surface area contributed by atoms with Gasteiger partial charge in [-0.2, -0.15) is 5.10 Å². The Bertz CT molecular complexity index is 529. The molecular weight excluding hydrogens is 192 g/mol. The number of aromatic nitrogens is 3. The van der Waals surface area contributed by atoms with E-state index >= 15 is 0 Å². The molecule has 1 N–H and O–H groups in total. The van der Waals surface area contributed by atoms with Crippen LogP contribution < -0.4 is 5.32 Å². The number of hydrogen-bond donors (Lipinski definition) is 1. The van der Waals surface area contributed by atoms with E-state index in [2.05, 4.69) is 22.0 Å². The fourth-order valence-electron chi connectivity index (χ4n) is 1.25. The van der Waals surface area contributed by atoms with Crippen LogP contribution in [-0.2, 0) is 4.79 Å². The number of carbonyl (C=O) groups excluding carboxylic acids is 1. The molecule has 76 valence electrons. The van der Waals surface area contributed by atoms with Crippen LogP contribution in [0.3, 0.4) is 0 Å². The van der Waals surface area contributed by atoms with Crippen molar-refractivity contribution < 1.29 is 4.79 Å². The van der Waals surface area contributed by atoms with E-state index in [1.54, 1.807) is 23.1 Å². The van der Waals surface area contributed by atoms with Crippen LogP contribution in [0.15, 0.2) is 31.2 Å². The molecule has 2 rings (SSSR count). The maximum absolute atomic E-state index is 11.0. The van der Waals surface area contributed by atoms with Crippen LogP contribution in [0.2, 0.25) is 0 Å². The minimum absolute atomic E-state index is 0.264. The average molecular weight is 202 g/mol. The Kier molecular flexibility index (Phi) is 2.21. The number of anilines is 1. The molecule has 2 heterocycles. The van der Waals surface area contributed by atoms with Gasteiger partial charge in [-0.15, -0.1) is 0 Å². The fraction of sp³-hybridized carbons (Fsp3) is 0.100. The number of aryl methyl sites for hydroxylation is 1. The molecule has 0 saturated heterocycles. The lowest BCUT2D eigenvalue weighted by Gasteiger charge is -2.01. The topological polar surface area (TPSA) is 59.3 Å². The van der Waals surface area contributed by atoms with Crippen molar-refractivity contribution >= 4 is 17.2 Å². The normalized spacial score (nSPS) is 10.2. The summed E-state index contributed by atoms with van der Waals surface area (Å²) in [5, 5.41) is 6.70. The van der Waals surface area contributed by atoms with Crippen LogP contribution >= 0.6 is 0 Å². The lowest BCUT2D eigenvalue weighted by Crippen LogP contribution is -2.08. The number of nitrogens with zero attached hydrogens (tertiary/aromatic N) is 3. The Hall–Kier alpha value is -2.17. The molecule has 0 atom stereocenters. The maximum atomic E-state index is 11.0. The Morgan fingerprint density at radius 3 is 3.13 bits per heavy atom. The van der Waals surface area contributed by atoms with E-state index < -0.39 is 0 Å². The predicted octanol–water partition coefficient (Wildman–Crippen LogP) is 1.16. The Morgan fingerprint density at radius 2 is 2.40 bits per heavy atom. The molecule has 0 aromatic carbocycles. The van der Waals surface area contributed by atoms with Crippen LogP contribution in [-0.4, -0.2) is 20.5 Å². The Labute approximate surface area is 86.4 Å². The SMILES string of the molecule is C=CC(=O)Nc1cnc2c(C)cnn2c1. The summed E-state index contributed by atoms with van der Waals surface area (Å²) in [6.45, 7) is 5.30. The molecule has 2 aromatic rings. The van der Waals surface area contributed by atoms with Crippen molar-refractivity contribution in [3.63, 3.8) is 0 Å². The van der Waals surface area contributed by atoms with Crippen molar-refractivity contribution in [1.29, 1.82) is 0 Å². The van der Waals surface area contributed by atoms with Gasteiger partial charge < -0.3 is 5.32 Å². The molecule has 1 amide bonds. The summed E-state index contributed by atoms with van der Waals surface area (Å²) in [5.74, 6) is -0.264. The van der Waals surface area contributed by atoms with Gasteiger partial charge in [0.15, 0.2) is 5.65 Å². The number of carbonyl (C=O) groups is 1. The molecule has 0 aliphatic rings. The van der Waals surface area contributed by atoms with Crippen LogP contribution in [0.1, 0.15) is 5.56 Å². The van der Waals surface area contributed by atoms with Gasteiger partial charge in [-0.3, -0.25) is 4.79 Å². The molecule has 0 unspecified atom stereocenters. The molecular formula is C10H10N4O. The van der Waals surface area contributed by atoms with Crippen molar-refractivity contribution in [2.45, 2.75) is 6.92 Å². The Balaban J connectivity index is 2.39. The summed E-state index contributed by atoms with van der Waals surface area (Å²) < 4.78 is 1.62. The summed E-state index contributed by atoms with van der Waals surface area (Å²) in [7, 11) is 0. The van der Waals surface area contributed by atoms with Gasteiger partial charge in [0.2, 0.25) is 5.91 Å². The van der Waals surface area contributed by atoms with Gasteiger partial charge in [0.1, 0.15) is 0 Å². The third-order valence-corrected chi connectivity index (χ3v) is 1.99. The maximum Gasteiger partial charge on any atom is 0.247 e. The fourth-order valence-corrected chi connectivity index (χ4v) is 1.25. The summed E-state index contributed by atoms with van der Waals surface area (Å²) in [6, 6.07) is 0. The molecule has 0 radical (unpaired) electrons. The van der Waals surface area contributed by atoms with E-state index in [-0.39, 0.29) is 5.91 Å². The van der Waals surface area contributed by atoms with Crippen LogP contribution in [0.4, 0.5) is 5.69 Å². The van der Waals surface area contributed by atoms with Crippen molar-refractivity contribution in [3.8, 4) is 0 Å². The Morgan fingerprint density at radius 1 is 1.60 bits per heavy atom. The zero-order chi connectivity index (χ0) is 10.8. The van der Waals surface area contributed by atoms with E-state index in [1.165, 1.54) is 6.08 Å². The molecule has 0 bridgehead atoms. The van der Waals surface area contributed by atoms with Crippen LogP contribution in [0.5, 0.6) is 0 Å².